The quantitative estimate of drug-likeness (QED) is 0.705. The molecule has 0 unspecified atom stereocenters. The highest BCUT2D eigenvalue weighted by Gasteiger charge is 2.36. The van der Waals surface area contributed by atoms with Gasteiger partial charge in [-0.25, -0.2) is 0 Å². The number of nitriles is 1. The zero-order chi connectivity index (χ0) is 19.5. The Morgan fingerprint density at radius 3 is 2.79 bits per heavy atom. The highest BCUT2D eigenvalue weighted by molar-refractivity contribution is 6.30. The molecule has 28 heavy (non-hydrogen) atoms. The third-order valence-electron chi connectivity index (χ3n) is 5.17. The van der Waals surface area contributed by atoms with E-state index in [9.17, 15) is 10.1 Å². The maximum absolute atomic E-state index is 13.1. The second kappa shape index (κ2) is 7.87. The van der Waals surface area contributed by atoms with E-state index in [1.807, 2.05) is 48.5 Å². The van der Waals surface area contributed by atoms with Gasteiger partial charge < -0.3 is 4.90 Å². The first-order valence-electron chi connectivity index (χ1n) is 9.24. The van der Waals surface area contributed by atoms with E-state index in [0.717, 1.165) is 24.0 Å². The maximum Gasteiger partial charge on any atom is 0.272 e. The minimum Gasteiger partial charge on any atom is -0.333 e. The predicted molar refractivity (Wildman–Crippen MR) is 108 cm³/mol. The summed E-state index contributed by atoms with van der Waals surface area (Å²) in [6.07, 6.45) is 1.70. The van der Waals surface area contributed by atoms with Crippen LogP contribution in [-0.2, 0) is 0 Å². The molecule has 2 atom stereocenters. The summed E-state index contributed by atoms with van der Waals surface area (Å²) in [6.45, 7) is 0.639. The van der Waals surface area contributed by atoms with Gasteiger partial charge in [0.2, 0.25) is 0 Å². The first kappa shape index (κ1) is 18.3. The topological polar surface area (TPSA) is 72.8 Å². The van der Waals surface area contributed by atoms with Crippen LogP contribution < -0.4 is 0 Å². The first-order valence-corrected chi connectivity index (χ1v) is 9.62. The molecule has 0 aliphatic carbocycles. The Morgan fingerprint density at radius 1 is 1.21 bits per heavy atom. The van der Waals surface area contributed by atoms with Crippen molar-refractivity contribution in [3.63, 3.8) is 0 Å². The molecule has 1 saturated heterocycles. The zero-order valence-corrected chi connectivity index (χ0v) is 15.9. The summed E-state index contributed by atoms with van der Waals surface area (Å²) in [5.74, 6) is -0.470. The van der Waals surface area contributed by atoms with Crippen molar-refractivity contribution in [1.82, 2.24) is 15.1 Å². The van der Waals surface area contributed by atoms with E-state index in [-0.39, 0.29) is 17.9 Å². The molecule has 5 nitrogen and oxygen atoms in total. The van der Waals surface area contributed by atoms with Crippen molar-refractivity contribution in [2.75, 3.05) is 6.54 Å². The van der Waals surface area contributed by atoms with Crippen molar-refractivity contribution < 1.29 is 4.79 Å². The first-order chi connectivity index (χ1) is 13.7. The van der Waals surface area contributed by atoms with Crippen LogP contribution in [0.2, 0.25) is 5.02 Å². The average Bonchev–Trinajstić information content (AvgIpc) is 3.39. The number of nitrogens with zero attached hydrogens (tertiary/aromatic N) is 3. The van der Waals surface area contributed by atoms with Crippen molar-refractivity contribution in [2.24, 2.45) is 0 Å². The number of H-pyrrole nitrogens is 1. The lowest BCUT2D eigenvalue weighted by Gasteiger charge is -2.28. The Kier molecular flexibility index (Phi) is 5.14. The SMILES string of the molecule is N#C[C@@H](c1ccccc1)[C@H]1CCCN1C(=O)c1cc(-c2cccc(Cl)c2)n[nH]1. The summed E-state index contributed by atoms with van der Waals surface area (Å²) in [7, 11) is 0. The fourth-order valence-electron chi connectivity index (χ4n) is 3.82. The van der Waals surface area contributed by atoms with Gasteiger partial charge in [-0.05, 0) is 36.6 Å². The van der Waals surface area contributed by atoms with Gasteiger partial charge in [0.05, 0.1) is 23.7 Å². The molecule has 2 aromatic carbocycles. The van der Waals surface area contributed by atoms with Gasteiger partial charge in [-0.1, -0.05) is 54.1 Å². The van der Waals surface area contributed by atoms with Gasteiger partial charge in [0.1, 0.15) is 5.69 Å². The third-order valence-corrected chi connectivity index (χ3v) is 5.41. The lowest BCUT2D eigenvalue weighted by Crippen LogP contribution is -2.39. The van der Waals surface area contributed by atoms with Crippen LogP contribution in [0, 0.1) is 11.3 Å². The Hall–Kier alpha value is -3.10. The van der Waals surface area contributed by atoms with Crippen molar-refractivity contribution in [3.8, 4) is 17.3 Å². The van der Waals surface area contributed by atoms with E-state index in [2.05, 4.69) is 16.3 Å². The van der Waals surface area contributed by atoms with Crippen LogP contribution in [0.3, 0.4) is 0 Å². The van der Waals surface area contributed by atoms with Gasteiger partial charge in [0.25, 0.3) is 5.91 Å². The number of amides is 1. The van der Waals surface area contributed by atoms with Crippen LogP contribution in [0.1, 0.15) is 34.8 Å². The number of likely N-dealkylation sites (tertiary alicyclic amines) is 1. The van der Waals surface area contributed by atoms with Gasteiger partial charge in [0.15, 0.2) is 0 Å². The van der Waals surface area contributed by atoms with Crippen molar-refractivity contribution >= 4 is 17.5 Å². The number of benzene rings is 2. The van der Waals surface area contributed by atoms with Crippen LogP contribution in [0.15, 0.2) is 60.7 Å². The van der Waals surface area contributed by atoms with E-state index in [0.29, 0.717) is 23.0 Å². The zero-order valence-electron chi connectivity index (χ0n) is 15.2. The average molecular weight is 391 g/mol. The largest absolute Gasteiger partial charge is 0.333 e. The highest BCUT2D eigenvalue weighted by atomic mass is 35.5. The van der Waals surface area contributed by atoms with E-state index < -0.39 is 0 Å². The number of halogens is 1. The molecule has 1 aliphatic rings. The van der Waals surface area contributed by atoms with E-state index in [1.165, 1.54) is 0 Å². The summed E-state index contributed by atoms with van der Waals surface area (Å²) in [4.78, 5) is 14.9. The summed E-state index contributed by atoms with van der Waals surface area (Å²) >= 11 is 6.05. The number of carbonyl (C=O) groups is 1. The maximum atomic E-state index is 13.1. The molecule has 1 N–H and O–H groups in total. The van der Waals surface area contributed by atoms with E-state index >= 15 is 0 Å². The van der Waals surface area contributed by atoms with Crippen molar-refractivity contribution in [2.45, 2.75) is 24.8 Å². The molecule has 1 aromatic heterocycles. The van der Waals surface area contributed by atoms with Crippen LogP contribution in [-0.4, -0.2) is 33.6 Å². The molecule has 0 spiro atoms. The monoisotopic (exact) mass is 390 g/mol. The van der Waals surface area contributed by atoms with Gasteiger partial charge in [-0.3, -0.25) is 9.89 Å². The second-order valence-corrected chi connectivity index (χ2v) is 7.34. The molecule has 4 rings (SSSR count). The smallest absolute Gasteiger partial charge is 0.272 e. The molecule has 1 aliphatic heterocycles. The van der Waals surface area contributed by atoms with Gasteiger partial charge in [-0.2, -0.15) is 10.4 Å². The number of carbonyl (C=O) groups excluding carboxylic acids is 1. The number of rotatable bonds is 4. The molecular formula is C22H19ClN4O. The summed E-state index contributed by atoms with van der Waals surface area (Å²) in [5.41, 5.74) is 2.88. The fraction of sp³-hybridized carbons (Fsp3) is 0.227. The highest BCUT2D eigenvalue weighted by Crippen LogP contribution is 2.32. The van der Waals surface area contributed by atoms with Crippen LogP contribution in [0.4, 0.5) is 0 Å². The molecule has 0 radical (unpaired) electrons. The Balaban J connectivity index is 1.58. The minimum absolute atomic E-state index is 0.126. The Labute approximate surface area is 168 Å². The summed E-state index contributed by atoms with van der Waals surface area (Å²) in [6, 6.07) is 21.0. The van der Waals surface area contributed by atoms with Gasteiger partial charge in [-0.15, -0.1) is 0 Å². The van der Waals surface area contributed by atoms with Crippen LogP contribution in [0.25, 0.3) is 11.3 Å². The Bertz CT molecular complexity index is 1020. The normalized spacial score (nSPS) is 17.3. The van der Waals surface area contributed by atoms with Crippen molar-refractivity contribution in [3.05, 3.63) is 76.9 Å². The molecule has 1 fully saturated rings. The number of aromatic nitrogens is 2. The third kappa shape index (κ3) is 3.51. The molecule has 0 bridgehead atoms. The van der Waals surface area contributed by atoms with Crippen LogP contribution >= 0.6 is 11.6 Å². The molecule has 0 saturated carbocycles. The molecule has 140 valence electrons. The molecule has 6 heteroatoms. The van der Waals surface area contributed by atoms with Gasteiger partial charge >= 0.3 is 0 Å². The molecular weight excluding hydrogens is 372 g/mol. The Morgan fingerprint density at radius 2 is 2.04 bits per heavy atom. The van der Waals surface area contributed by atoms with E-state index in [1.54, 1.807) is 17.0 Å². The van der Waals surface area contributed by atoms with Crippen molar-refractivity contribution in [1.29, 1.82) is 5.26 Å². The molecule has 1 amide bonds. The fourth-order valence-corrected chi connectivity index (χ4v) is 4.01. The molecule has 2 heterocycles. The summed E-state index contributed by atoms with van der Waals surface area (Å²) < 4.78 is 0. The number of hydrogen-bond donors (Lipinski definition) is 1. The lowest BCUT2D eigenvalue weighted by atomic mass is 9.91. The lowest BCUT2D eigenvalue weighted by molar-refractivity contribution is 0.0722. The van der Waals surface area contributed by atoms with E-state index in [4.69, 9.17) is 11.6 Å². The molecule has 3 aromatic rings. The van der Waals surface area contributed by atoms with Gasteiger partial charge in [0, 0.05) is 17.1 Å². The summed E-state index contributed by atoms with van der Waals surface area (Å²) in [5, 5.41) is 17.5. The second-order valence-electron chi connectivity index (χ2n) is 6.90. The van der Waals surface area contributed by atoms with Crippen LogP contribution in [0.5, 0.6) is 0 Å². The number of aromatic amines is 1. The standard InChI is InChI=1S/C22H19ClN4O/c23-17-9-4-8-16(12-17)19-13-20(26-25-19)22(28)27-11-5-10-21(27)18(14-24)15-6-2-1-3-7-15/h1-4,6-9,12-13,18,21H,5,10-11H2,(H,25,26)/t18-,21+/m0/s1. The number of hydrogen-bond acceptors (Lipinski definition) is 3. The predicted octanol–water partition coefficient (Wildman–Crippen LogP) is 4.64. The minimum atomic E-state index is -0.344. The number of nitrogens with one attached hydrogen (secondary N) is 1.